The molecule has 246 valence electrons. The van der Waals surface area contributed by atoms with E-state index in [1.165, 1.54) is 0 Å². The lowest BCUT2D eigenvalue weighted by atomic mass is 10.2. The van der Waals surface area contributed by atoms with Crippen LogP contribution in [0, 0.1) is 0 Å². The molecule has 0 amide bonds. The summed E-state index contributed by atoms with van der Waals surface area (Å²) in [5.41, 5.74) is 5.88. The Bertz CT molecular complexity index is 1990. The Kier molecular flexibility index (Phi) is 10.4. The summed E-state index contributed by atoms with van der Waals surface area (Å²) in [5, 5.41) is 0.935. The molecule has 0 aliphatic heterocycles. The zero-order valence-corrected chi connectivity index (χ0v) is 31.1. The van der Waals surface area contributed by atoms with Crippen LogP contribution in [0.15, 0.2) is 179 Å². The molecule has 0 fully saturated rings. The summed E-state index contributed by atoms with van der Waals surface area (Å²) in [6.07, 6.45) is 0. The van der Waals surface area contributed by atoms with Crippen molar-refractivity contribution in [1.29, 1.82) is 0 Å². The molecule has 7 rings (SSSR count). The van der Waals surface area contributed by atoms with E-state index in [0.29, 0.717) is 42.0 Å². The summed E-state index contributed by atoms with van der Waals surface area (Å²) in [7, 11) is 0. The topological polar surface area (TPSA) is 24.9 Å². The van der Waals surface area contributed by atoms with Crippen LogP contribution in [0.3, 0.4) is 0 Å². The summed E-state index contributed by atoms with van der Waals surface area (Å²) in [5.74, 6) is 2.14. The first-order valence-electron chi connectivity index (χ1n) is 15.7. The summed E-state index contributed by atoms with van der Waals surface area (Å²) in [4.78, 5) is 4.29. The average molecular weight is 823 g/mol. The zero-order chi connectivity index (χ0) is 34.5. The van der Waals surface area contributed by atoms with E-state index in [-0.39, 0.29) is 0 Å². The molecule has 0 radical (unpaired) electrons. The molecule has 0 unspecified atom stereocenters. The van der Waals surface area contributed by atoms with Crippen molar-refractivity contribution in [3.63, 3.8) is 0 Å². The SMILES string of the molecule is Clc1cc(N(c2ccccc2)c2ccccc2)ccc1Oc1cc(Br)c(Oc2ccc(N(c3ccccc3)c3ccccc3)cc2Cl)cc1Br. The molecule has 7 aromatic carbocycles. The smallest absolute Gasteiger partial charge is 0.146 e. The number of rotatable bonds is 10. The van der Waals surface area contributed by atoms with Crippen LogP contribution in [-0.4, -0.2) is 0 Å². The summed E-state index contributed by atoms with van der Waals surface area (Å²) in [6.45, 7) is 0. The maximum Gasteiger partial charge on any atom is 0.146 e. The van der Waals surface area contributed by atoms with Gasteiger partial charge in [0.1, 0.15) is 23.0 Å². The minimum absolute atomic E-state index is 0.467. The minimum atomic E-state index is 0.467. The second-order valence-corrected chi connectivity index (χ2v) is 13.7. The van der Waals surface area contributed by atoms with Crippen molar-refractivity contribution in [2.75, 3.05) is 9.80 Å². The summed E-state index contributed by atoms with van der Waals surface area (Å²) in [6, 6.07) is 55.8. The number of hydrogen-bond acceptors (Lipinski definition) is 4. The largest absolute Gasteiger partial charge is 0.455 e. The van der Waals surface area contributed by atoms with Gasteiger partial charge in [0, 0.05) is 34.1 Å². The molecule has 0 spiro atoms. The molecule has 0 saturated carbocycles. The summed E-state index contributed by atoms with van der Waals surface area (Å²) >= 11 is 21.0. The molecule has 7 aromatic rings. The molecule has 0 atom stereocenters. The predicted octanol–water partition coefficient (Wildman–Crippen LogP) is 15.0. The average Bonchev–Trinajstić information content (AvgIpc) is 3.14. The van der Waals surface area contributed by atoms with Gasteiger partial charge in [0.25, 0.3) is 0 Å². The van der Waals surface area contributed by atoms with Crippen molar-refractivity contribution in [2.45, 2.75) is 0 Å². The lowest BCUT2D eigenvalue weighted by molar-refractivity contribution is 0.464. The van der Waals surface area contributed by atoms with E-state index >= 15 is 0 Å². The second kappa shape index (κ2) is 15.4. The van der Waals surface area contributed by atoms with Crippen LogP contribution in [0.25, 0.3) is 0 Å². The Morgan fingerprint density at radius 1 is 0.340 bits per heavy atom. The number of hydrogen-bond donors (Lipinski definition) is 0. The van der Waals surface area contributed by atoms with Gasteiger partial charge in [-0.3, -0.25) is 0 Å². The molecule has 0 bridgehead atoms. The lowest BCUT2D eigenvalue weighted by Gasteiger charge is -2.26. The highest BCUT2D eigenvalue weighted by atomic mass is 79.9. The highest BCUT2D eigenvalue weighted by Crippen LogP contribution is 2.45. The van der Waals surface area contributed by atoms with Gasteiger partial charge in [-0.1, -0.05) is 96.0 Å². The van der Waals surface area contributed by atoms with E-state index < -0.39 is 0 Å². The third-order valence-corrected chi connectivity index (χ3v) is 9.66. The van der Waals surface area contributed by atoms with E-state index in [9.17, 15) is 0 Å². The highest BCUT2D eigenvalue weighted by molar-refractivity contribution is 9.11. The number of para-hydroxylation sites is 4. The van der Waals surface area contributed by atoms with Crippen molar-refractivity contribution >= 4 is 89.2 Å². The molecule has 4 nitrogen and oxygen atoms in total. The molecule has 0 aromatic heterocycles. The standard InChI is InChI=1S/C42H28Br2Cl2N2O2/c43-35-28-42(50-40-24-22-34(26-38(40)46)48(31-17-9-3-10-18-31)32-19-11-4-12-20-32)36(44)27-41(35)49-39-23-21-33(25-37(39)45)47(29-13-5-1-6-14-29)30-15-7-2-8-16-30/h1-28H. The van der Waals surface area contributed by atoms with Crippen molar-refractivity contribution in [1.82, 2.24) is 0 Å². The van der Waals surface area contributed by atoms with Crippen LogP contribution < -0.4 is 19.3 Å². The normalized spacial score (nSPS) is 10.8. The minimum Gasteiger partial charge on any atom is -0.455 e. The molecule has 50 heavy (non-hydrogen) atoms. The number of anilines is 6. The molecule has 0 aliphatic rings. The Balaban J connectivity index is 1.12. The lowest BCUT2D eigenvalue weighted by Crippen LogP contribution is -2.09. The van der Waals surface area contributed by atoms with Crippen LogP contribution in [-0.2, 0) is 0 Å². The van der Waals surface area contributed by atoms with Gasteiger partial charge in [0.05, 0.1) is 19.0 Å². The summed E-state index contributed by atoms with van der Waals surface area (Å²) < 4.78 is 14.0. The van der Waals surface area contributed by atoms with Crippen LogP contribution in [0.5, 0.6) is 23.0 Å². The Morgan fingerprint density at radius 3 is 0.920 bits per heavy atom. The van der Waals surface area contributed by atoms with Crippen molar-refractivity contribution in [3.8, 4) is 23.0 Å². The first kappa shape index (κ1) is 33.8. The van der Waals surface area contributed by atoms with Crippen LogP contribution in [0.1, 0.15) is 0 Å². The van der Waals surface area contributed by atoms with E-state index in [1.54, 1.807) is 0 Å². The second-order valence-electron chi connectivity index (χ2n) is 11.2. The van der Waals surface area contributed by atoms with E-state index in [4.69, 9.17) is 32.7 Å². The van der Waals surface area contributed by atoms with Gasteiger partial charge in [-0.25, -0.2) is 0 Å². The van der Waals surface area contributed by atoms with Gasteiger partial charge in [-0.15, -0.1) is 0 Å². The maximum absolute atomic E-state index is 6.84. The van der Waals surface area contributed by atoms with Gasteiger partial charge >= 0.3 is 0 Å². The van der Waals surface area contributed by atoms with E-state index in [0.717, 1.165) is 34.1 Å². The highest BCUT2D eigenvalue weighted by Gasteiger charge is 2.18. The van der Waals surface area contributed by atoms with Gasteiger partial charge in [0.2, 0.25) is 0 Å². The third-order valence-electron chi connectivity index (χ3n) is 7.83. The van der Waals surface area contributed by atoms with E-state index in [1.807, 2.05) is 121 Å². The first-order valence-corrected chi connectivity index (χ1v) is 18.0. The van der Waals surface area contributed by atoms with Crippen LogP contribution in [0.2, 0.25) is 10.0 Å². The van der Waals surface area contributed by atoms with E-state index in [2.05, 4.69) is 90.2 Å². The number of nitrogens with zero attached hydrogens (tertiary/aromatic N) is 2. The number of halogens is 4. The van der Waals surface area contributed by atoms with Crippen molar-refractivity contribution < 1.29 is 9.47 Å². The Labute approximate surface area is 318 Å². The molecular formula is C42H28Br2Cl2N2O2. The Morgan fingerprint density at radius 2 is 0.640 bits per heavy atom. The van der Waals surface area contributed by atoms with Crippen LogP contribution >= 0.6 is 55.1 Å². The fourth-order valence-electron chi connectivity index (χ4n) is 5.53. The predicted molar refractivity (Wildman–Crippen MR) is 214 cm³/mol. The van der Waals surface area contributed by atoms with Gasteiger partial charge in [0.15, 0.2) is 0 Å². The van der Waals surface area contributed by atoms with Crippen molar-refractivity contribution in [2.24, 2.45) is 0 Å². The first-order chi connectivity index (χ1) is 24.4. The maximum atomic E-state index is 6.84. The number of ether oxygens (including phenoxy) is 2. The molecule has 8 heteroatoms. The van der Waals surface area contributed by atoms with Crippen LogP contribution in [0.4, 0.5) is 34.1 Å². The van der Waals surface area contributed by atoms with Gasteiger partial charge in [-0.05, 0) is 129 Å². The molecular weight excluding hydrogens is 795 g/mol. The zero-order valence-electron chi connectivity index (χ0n) is 26.4. The van der Waals surface area contributed by atoms with Crippen molar-refractivity contribution in [3.05, 3.63) is 189 Å². The molecule has 0 heterocycles. The monoisotopic (exact) mass is 820 g/mol. The van der Waals surface area contributed by atoms with Gasteiger partial charge in [-0.2, -0.15) is 0 Å². The molecule has 0 N–H and O–H groups in total. The fourth-order valence-corrected chi connectivity index (χ4v) is 6.76. The third kappa shape index (κ3) is 7.54. The quantitative estimate of drug-likeness (QED) is 0.137. The molecule has 0 saturated heterocycles. The Hall–Kier alpha value is -4.72. The number of benzene rings is 7. The molecule has 0 aliphatic carbocycles. The van der Waals surface area contributed by atoms with Gasteiger partial charge < -0.3 is 19.3 Å². The fraction of sp³-hybridized carbons (Fsp3) is 0.